The Bertz CT molecular complexity index is 1430. The first kappa shape index (κ1) is 77.1. The average molecular weight is 1120 g/mol. The smallest absolute Gasteiger partial charge is 0.306 e. The SMILES string of the molecule is CCCCC/C=C\C/C=C\CCCCCCCC(=O)OCC(COC(=O)CCCCCCCCCCCCCCCCCC/C=C\C/C=C\C/C=C\CCCCCCC)OC(=O)CCCCCCCCCCCCCCCCCC. The zero-order chi connectivity index (χ0) is 57.8. The summed E-state index contributed by atoms with van der Waals surface area (Å²) in [5.41, 5.74) is 0. The lowest BCUT2D eigenvalue weighted by atomic mass is 10.0. The van der Waals surface area contributed by atoms with E-state index in [0.717, 1.165) is 89.9 Å². The lowest BCUT2D eigenvalue weighted by Crippen LogP contribution is -2.30. The summed E-state index contributed by atoms with van der Waals surface area (Å²) in [6, 6.07) is 0. The van der Waals surface area contributed by atoms with Crippen molar-refractivity contribution in [2.75, 3.05) is 13.2 Å². The lowest BCUT2D eigenvalue weighted by molar-refractivity contribution is -0.167. The van der Waals surface area contributed by atoms with Crippen LogP contribution in [0.2, 0.25) is 0 Å². The van der Waals surface area contributed by atoms with Crippen LogP contribution in [0.3, 0.4) is 0 Å². The molecule has 0 aromatic carbocycles. The van der Waals surface area contributed by atoms with E-state index in [2.05, 4.69) is 81.5 Å². The van der Waals surface area contributed by atoms with Crippen molar-refractivity contribution >= 4 is 17.9 Å². The quantitative estimate of drug-likeness (QED) is 0.0261. The molecule has 0 aliphatic carbocycles. The number of ether oxygens (including phenoxy) is 3. The van der Waals surface area contributed by atoms with E-state index in [1.807, 2.05) is 0 Å². The summed E-state index contributed by atoms with van der Waals surface area (Å²) < 4.78 is 17.0. The van der Waals surface area contributed by atoms with Crippen LogP contribution in [0.5, 0.6) is 0 Å². The molecule has 6 heteroatoms. The van der Waals surface area contributed by atoms with Gasteiger partial charge in [0.2, 0.25) is 0 Å². The third-order valence-corrected chi connectivity index (χ3v) is 15.7. The Balaban J connectivity index is 4.20. The van der Waals surface area contributed by atoms with Gasteiger partial charge in [-0.1, -0.05) is 326 Å². The molecule has 1 atom stereocenters. The summed E-state index contributed by atoms with van der Waals surface area (Å²) in [6.45, 7) is 6.65. The Morgan fingerprint density at radius 2 is 0.450 bits per heavy atom. The summed E-state index contributed by atoms with van der Waals surface area (Å²) >= 11 is 0. The van der Waals surface area contributed by atoms with Gasteiger partial charge in [0.25, 0.3) is 0 Å². The minimum absolute atomic E-state index is 0.0741. The second-order valence-corrected chi connectivity index (χ2v) is 23.8. The lowest BCUT2D eigenvalue weighted by Gasteiger charge is -2.18. The van der Waals surface area contributed by atoms with E-state index in [0.29, 0.717) is 19.3 Å². The monoisotopic (exact) mass is 1120 g/mol. The zero-order valence-electron chi connectivity index (χ0n) is 53.6. The van der Waals surface area contributed by atoms with E-state index in [9.17, 15) is 14.4 Å². The molecule has 80 heavy (non-hydrogen) atoms. The minimum atomic E-state index is -0.778. The fourth-order valence-electron chi connectivity index (χ4n) is 10.4. The third-order valence-electron chi connectivity index (χ3n) is 15.7. The van der Waals surface area contributed by atoms with E-state index in [-0.39, 0.29) is 31.1 Å². The summed E-state index contributed by atoms with van der Waals surface area (Å²) in [4.78, 5) is 38.4. The van der Waals surface area contributed by atoms with Crippen molar-refractivity contribution in [2.24, 2.45) is 0 Å². The molecule has 0 amide bonds. The van der Waals surface area contributed by atoms with Crippen LogP contribution in [-0.2, 0) is 28.6 Å². The van der Waals surface area contributed by atoms with Gasteiger partial charge in [-0.2, -0.15) is 0 Å². The van der Waals surface area contributed by atoms with Crippen LogP contribution >= 0.6 is 0 Å². The van der Waals surface area contributed by atoms with Gasteiger partial charge in [0.1, 0.15) is 13.2 Å². The number of rotatable bonds is 65. The highest BCUT2D eigenvalue weighted by atomic mass is 16.6. The Morgan fingerprint density at radius 1 is 0.250 bits per heavy atom. The van der Waals surface area contributed by atoms with Crippen LogP contribution in [0, 0.1) is 0 Å². The second kappa shape index (κ2) is 68.6. The number of unbranched alkanes of at least 4 members (excludes halogenated alkanes) is 44. The van der Waals surface area contributed by atoms with E-state index >= 15 is 0 Å². The summed E-state index contributed by atoms with van der Waals surface area (Å²) in [5, 5.41) is 0. The summed E-state index contributed by atoms with van der Waals surface area (Å²) in [7, 11) is 0. The van der Waals surface area contributed by atoms with Crippen molar-refractivity contribution in [2.45, 2.75) is 380 Å². The second-order valence-electron chi connectivity index (χ2n) is 23.8. The van der Waals surface area contributed by atoms with E-state index < -0.39 is 6.10 Å². The maximum absolute atomic E-state index is 12.9. The van der Waals surface area contributed by atoms with Gasteiger partial charge in [0.15, 0.2) is 6.10 Å². The van der Waals surface area contributed by atoms with E-state index in [4.69, 9.17) is 14.2 Å². The molecule has 0 aromatic rings. The predicted octanol–water partition coefficient (Wildman–Crippen LogP) is 24.3. The molecular formula is C74H134O6. The molecule has 466 valence electrons. The Labute approximate surface area is 498 Å². The van der Waals surface area contributed by atoms with E-state index in [1.54, 1.807) is 0 Å². The number of carbonyl (C=O) groups is 3. The molecule has 0 spiro atoms. The fraction of sp³-hybridized carbons (Fsp3) is 0.824. The minimum Gasteiger partial charge on any atom is -0.462 e. The average Bonchev–Trinajstić information content (AvgIpc) is 3.46. The van der Waals surface area contributed by atoms with Gasteiger partial charge < -0.3 is 14.2 Å². The summed E-state index contributed by atoms with van der Waals surface area (Å²) in [6.07, 6.45) is 88.2. The van der Waals surface area contributed by atoms with Gasteiger partial charge in [-0.25, -0.2) is 0 Å². The molecule has 0 aromatic heterocycles. The fourth-order valence-corrected chi connectivity index (χ4v) is 10.4. The van der Waals surface area contributed by atoms with Crippen molar-refractivity contribution in [1.82, 2.24) is 0 Å². The molecule has 0 heterocycles. The first-order valence-corrected chi connectivity index (χ1v) is 35.3. The Hall–Kier alpha value is -2.89. The van der Waals surface area contributed by atoms with Gasteiger partial charge in [-0.15, -0.1) is 0 Å². The number of hydrogen-bond donors (Lipinski definition) is 0. The molecule has 0 bridgehead atoms. The Morgan fingerprint density at radius 3 is 0.725 bits per heavy atom. The van der Waals surface area contributed by atoms with Gasteiger partial charge in [-0.05, 0) is 89.9 Å². The first-order valence-electron chi connectivity index (χ1n) is 35.3. The van der Waals surface area contributed by atoms with Gasteiger partial charge in [-0.3, -0.25) is 14.4 Å². The van der Waals surface area contributed by atoms with Crippen molar-refractivity contribution in [3.8, 4) is 0 Å². The summed E-state index contributed by atoms with van der Waals surface area (Å²) in [5.74, 6) is -0.865. The molecule has 0 rings (SSSR count). The molecule has 0 aliphatic heterocycles. The molecule has 0 saturated heterocycles. The third kappa shape index (κ3) is 65.9. The van der Waals surface area contributed by atoms with Crippen LogP contribution in [0.4, 0.5) is 0 Å². The predicted molar refractivity (Wildman–Crippen MR) is 348 cm³/mol. The molecule has 0 fully saturated rings. The number of allylic oxidation sites excluding steroid dienone is 10. The zero-order valence-corrected chi connectivity index (χ0v) is 53.6. The number of carbonyl (C=O) groups excluding carboxylic acids is 3. The molecule has 0 N–H and O–H groups in total. The molecule has 1 unspecified atom stereocenters. The highest BCUT2D eigenvalue weighted by Gasteiger charge is 2.19. The molecule has 6 nitrogen and oxygen atoms in total. The molecule has 0 radical (unpaired) electrons. The maximum Gasteiger partial charge on any atom is 0.306 e. The van der Waals surface area contributed by atoms with Crippen LogP contribution < -0.4 is 0 Å². The number of hydrogen-bond acceptors (Lipinski definition) is 6. The normalized spacial score (nSPS) is 12.4. The topological polar surface area (TPSA) is 78.9 Å². The van der Waals surface area contributed by atoms with Crippen LogP contribution in [-0.4, -0.2) is 37.2 Å². The highest BCUT2D eigenvalue weighted by Crippen LogP contribution is 2.18. The Kier molecular flexibility index (Phi) is 66.1. The standard InChI is InChI=1S/C74H134O6/c1-4-7-10-13-16-19-22-25-28-30-31-32-33-34-35-36-37-38-39-40-41-42-43-44-47-49-52-55-58-61-64-67-73(76)79-70-71(69-78-72(75)66-63-60-57-54-51-48-45-27-24-21-18-15-12-9-6-3)80-74(77)68-65-62-59-56-53-50-46-29-26-23-20-17-14-11-8-5-2/h18,21-22,25,27,30-31,33-34,45,71H,4-17,19-20,23-24,26,28-29,32,35-44,46-70H2,1-3H3/b21-18-,25-22-,31-30-,34-33-,45-27-. The van der Waals surface area contributed by atoms with Crippen molar-refractivity contribution in [1.29, 1.82) is 0 Å². The van der Waals surface area contributed by atoms with Crippen LogP contribution in [0.25, 0.3) is 0 Å². The van der Waals surface area contributed by atoms with Crippen LogP contribution in [0.15, 0.2) is 60.8 Å². The van der Waals surface area contributed by atoms with Crippen LogP contribution in [0.1, 0.15) is 374 Å². The largest absolute Gasteiger partial charge is 0.462 e. The van der Waals surface area contributed by atoms with Crippen molar-refractivity contribution < 1.29 is 28.6 Å². The maximum atomic E-state index is 12.9. The number of esters is 3. The molecule has 0 saturated carbocycles. The van der Waals surface area contributed by atoms with Gasteiger partial charge in [0.05, 0.1) is 0 Å². The van der Waals surface area contributed by atoms with Crippen molar-refractivity contribution in [3.63, 3.8) is 0 Å². The van der Waals surface area contributed by atoms with E-state index in [1.165, 1.54) is 244 Å². The van der Waals surface area contributed by atoms with Crippen molar-refractivity contribution in [3.05, 3.63) is 60.8 Å². The molecular weight excluding hydrogens is 985 g/mol. The molecule has 0 aliphatic rings. The van der Waals surface area contributed by atoms with Gasteiger partial charge >= 0.3 is 17.9 Å². The first-order chi connectivity index (χ1) is 39.5. The van der Waals surface area contributed by atoms with Gasteiger partial charge in [0, 0.05) is 19.3 Å². The highest BCUT2D eigenvalue weighted by molar-refractivity contribution is 5.71.